The normalized spacial score (nSPS) is 26.8. The lowest BCUT2D eigenvalue weighted by Gasteiger charge is -2.23. The smallest absolute Gasteiger partial charge is 0.254 e. The van der Waals surface area contributed by atoms with Crippen LogP contribution in [0.1, 0.15) is 48.2 Å². The highest BCUT2D eigenvalue weighted by molar-refractivity contribution is 6.06. The number of rotatable bonds is 4. The van der Waals surface area contributed by atoms with Crippen LogP contribution in [0.4, 0.5) is 5.69 Å². The third-order valence-corrected chi connectivity index (χ3v) is 9.24. The zero-order valence-corrected chi connectivity index (χ0v) is 24.0. The number of anilines is 1. The summed E-state index contributed by atoms with van der Waals surface area (Å²) in [6, 6.07) is 10.2. The lowest BCUT2D eigenvalue weighted by atomic mass is 9.87. The fourth-order valence-corrected chi connectivity index (χ4v) is 6.91. The Morgan fingerprint density at radius 2 is 1.90 bits per heavy atom. The second-order valence-electron chi connectivity index (χ2n) is 11.8. The van der Waals surface area contributed by atoms with Gasteiger partial charge in [-0.2, -0.15) is 5.26 Å². The van der Waals surface area contributed by atoms with Crippen molar-refractivity contribution in [1.29, 1.82) is 5.26 Å². The van der Waals surface area contributed by atoms with E-state index in [4.69, 9.17) is 23.6 Å². The summed E-state index contributed by atoms with van der Waals surface area (Å²) < 4.78 is 23.3. The molecule has 42 heavy (non-hydrogen) atoms. The molecular formula is C33H36N4O5. The molecule has 5 aliphatic rings. The molecule has 0 spiro atoms. The first-order chi connectivity index (χ1) is 20.6. The first kappa shape index (κ1) is 27.0. The highest BCUT2D eigenvalue weighted by atomic mass is 16.5. The number of nitriles is 1. The van der Waals surface area contributed by atoms with Crippen LogP contribution in [-0.4, -0.2) is 75.7 Å². The third-order valence-electron chi connectivity index (χ3n) is 9.24. The highest BCUT2D eigenvalue weighted by Crippen LogP contribution is 2.43. The summed E-state index contributed by atoms with van der Waals surface area (Å²) in [7, 11) is 1.62. The molecular weight excluding hydrogens is 532 g/mol. The second-order valence-corrected chi connectivity index (χ2v) is 11.8. The van der Waals surface area contributed by atoms with E-state index in [1.807, 2.05) is 35.2 Å². The monoisotopic (exact) mass is 568 g/mol. The number of fused-ring (bicyclic) bond motifs is 2. The Bertz CT molecular complexity index is 1510. The van der Waals surface area contributed by atoms with Crippen LogP contribution in [0.5, 0.6) is 5.75 Å². The first-order valence-corrected chi connectivity index (χ1v) is 15.0. The third kappa shape index (κ3) is 5.03. The molecule has 1 aromatic heterocycles. The molecule has 2 atom stereocenters. The predicted molar refractivity (Wildman–Crippen MR) is 159 cm³/mol. The molecule has 0 bridgehead atoms. The molecule has 7 rings (SSSR count). The van der Waals surface area contributed by atoms with Crippen LogP contribution in [0.25, 0.3) is 16.9 Å². The van der Waals surface area contributed by atoms with Gasteiger partial charge in [-0.05, 0) is 62.0 Å². The van der Waals surface area contributed by atoms with Crippen molar-refractivity contribution in [2.45, 2.75) is 38.1 Å². The molecule has 3 saturated heterocycles. The number of likely N-dealkylation sites (tertiary alicyclic amines) is 1. The van der Waals surface area contributed by atoms with E-state index >= 15 is 0 Å². The number of ether oxygens (including phenoxy) is 3. The molecule has 2 unspecified atom stereocenters. The van der Waals surface area contributed by atoms with Crippen LogP contribution in [-0.2, 0) is 9.47 Å². The van der Waals surface area contributed by atoms with Crippen molar-refractivity contribution in [2.75, 3.05) is 58.5 Å². The van der Waals surface area contributed by atoms with Crippen LogP contribution >= 0.6 is 0 Å². The number of nitrogens with one attached hydrogen (secondary N) is 1. The van der Waals surface area contributed by atoms with E-state index in [1.165, 1.54) is 0 Å². The van der Waals surface area contributed by atoms with Gasteiger partial charge in [0.05, 0.1) is 48.9 Å². The van der Waals surface area contributed by atoms with Crippen LogP contribution < -0.4 is 10.1 Å². The molecule has 2 aromatic rings. The number of furan rings is 1. The van der Waals surface area contributed by atoms with Crippen LogP contribution in [0.3, 0.4) is 0 Å². The van der Waals surface area contributed by atoms with Crippen molar-refractivity contribution in [3.05, 3.63) is 52.8 Å². The lowest BCUT2D eigenvalue weighted by Crippen LogP contribution is -2.30. The van der Waals surface area contributed by atoms with Crippen molar-refractivity contribution >= 4 is 22.9 Å². The molecule has 1 amide bonds. The number of carbonyl (C=O) groups is 1. The maximum Gasteiger partial charge on any atom is 0.254 e. The second kappa shape index (κ2) is 11.4. The van der Waals surface area contributed by atoms with Gasteiger partial charge in [-0.3, -0.25) is 9.79 Å². The van der Waals surface area contributed by atoms with E-state index in [1.54, 1.807) is 7.11 Å². The Kier molecular flexibility index (Phi) is 7.34. The van der Waals surface area contributed by atoms with Gasteiger partial charge in [0.2, 0.25) is 0 Å². The van der Waals surface area contributed by atoms with E-state index < -0.39 is 0 Å². The summed E-state index contributed by atoms with van der Waals surface area (Å²) in [5.74, 6) is 2.99. The minimum Gasteiger partial charge on any atom is -0.496 e. The minimum absolute atomic E-state index is 0.0267. The number of hydrogen-bond acceptors (Lipinski definition) is 8. The number of benzene rings is 1. The average molecular weight is 569 g/mol. The van der Waals surface area contributed by atoms with Crippen molar-refractivity contribution in [3.63, 3.8) is 0 Å². The quantitative estimate of drug-likeness (QED) is 0.546. The largest absolute Gasteiger partial charge is 0.496 e. The number of aliphatic imine (C=N–C) groups is 1. The molecule has 4 aliphatic heterocycles. The molecule has 9 heteroatoms. The van der Waals surface area contributed by atoms with Gasteiger partial charge in [-0.15, -0.1) is 0 Å². The van der Waals surface area contributed by atoms with Crippen molar-refractivity contribution in [3.8, 4) is 23.1 Å². The SMILES string of the molecule is COc1cc(C(=O)N2CC3COCC3C2)ccc1-c1cc2c(o1)C(=C1C=C(C#N)C(=NC3CCOCC3)CC1)CCN2. The lowest BCUT2D eigenvalue weighted by molar-refractivity contribution is 0.0751. The zero-order chi connectivity index (χ0) is 28.6. The summed E-state index contributed by atoms with van der Waals surface area (Å²) in [6.45, 7) is 5.22. The Morgan fingerprint density at radius 3 is 2.67 bits per heavy atom. The van der Waals surface area contributed by atoms with Crippen molar-refractivity contribution in [1.82, 2.24) is 4.90 Å². The molecule has 5 heterocycles. The van der Waals surface area contributed by atoms with E-state index in [-0.39, 0.29) is 11.9 Å². The maximum absolute atomic E-state index is 13.3. The summed E-state index contributed by atoms with van der Waals surface area (Å²) in [4.78, 5) is 20.2. The summed E-state index contributed by atoms with van der Waals surface area (Å²) >= 11 is 0. The highest BCUT2D eigenvalue weighted by Gasteiger charge is 2.39. The topological polar surface area (TPSA) is 109 Å². The predicted octanol–water partition coefficient (Wildman–Crippen LogP) is 5.11. The fraction of sp³-hybridized carbons (Fsp3) is 0.485. The van der Waals surface area contributed by atoms with Crippen molar-refractivity contribution in [2.24, 2.45) is 16.8 Å². The van der Waals surface area contributed by atoms with Crippen molar-refractivity contribution < 1.29 is 23.4 Å². The van der Waals surface area contributed by atoms with Gasteiger partial charge in [0, 0.05) is 61.9 Å². The number of carbonyl (C=O) groups excluding carboxylic acids is 1. The molecule has 1 aromatic carbocycles. The summed E-state index contributed by atoms with van der Waals surface area (Å²) in [6.07, 6.45) is 6.21. The molecule has 3 fully saturated rings. The van der Waals surface area contributed by atoms with Gasteiger partial charge in [0.25, 0.3) is 5.91 Å². The maximum atomic E-state index is 13.3. The molecule has 9 nitrogen and oxygen atoms in total. The Morgan fingerprint density at radius 1 is 1.10 bits per heavy atom. The zero-order valence-electron chi connectivity index (χ0n) is 24.0. The molecule has 0 radical (unpaired) electrons. The summed E-state index contributed by atoms with van der Waals surface area (Å²) in [5.41, 5.74) is 6.16. The van der Waals surface area contributed by atoms with Gasteiger partial charge in [0.15, 0.2) is 5.76 Å². The molecule has 0 saturated carbocycles. The van der Waals surface area contributed by atoms with Crippen LogP contribution in [0.2, 0.25) is 0 Å². The Labute approximate surface area is 245 Å². The number of allylic oxidation sites excluding steroid dienone is 3. The number of hydrogen-bond donors (Lipinski definition) is 1. The van der Waals surface area contributed by atoms with E-state index in [9.17, 15) is 10.1 Å². The van der Waals surface area contributed by atoms with Gasteiger partial charge in [0.1, 0.15) is 17.6 Å². The van der Waals surface area contributed by atoms with Gasteiger partial charge < -0.3 is 28.8 Å². The molecule has 1 N–H and O–H groups in total. The first-order valence-electron chi connectivity index (χ1n) is 15.0. The van der Waals surface area contributed by atoms with Crippen LogP contribution in [0, 0.1) is 23.2 Å². The standard InChI is InChI=1S/C33H36N4O5/c1-39-30-13-21(33(38)37-16-23-18-41-19-24(23)17-37)2-4-27(30)31-14-29-32(42-31)26(6-9-35-29)20-3-5-28(22(12-20)15-34)36-25-7-10-40-11-8-25/h2,4,12-14,23-25,35H,3,5-11,16-19H2,1H3. The molecule has 1 aliphatic carbocycles. The number of methoxy groups -OCH3 is 1. The van der Waals surface area contributed by atoms with Gasteiger partial charge >= 0.3 is 0 Å². The summed E-state index contributed by atoms with van der Waals surface area (Å²) in [5, 5.41) is 13.4. The van der Waals surface area contributed by atoms with E-state index in [0.717, 1.165) is 112 Å². The van der Waals surface area contributed by atoms with E-state index in [2.05, 4.69) is 11.4 Å². The van der Waals surface area contributed by atoms with Gasteiger partial charge in [-0.1, -0.05) is 0 Å². The van der Waals surface area contributed by atoms with Gasteiger partial charge in [-0.25, -0.2) is 0 Å². The molecule has 218 valence electrons. The Balaban J connectivity index is 1.16. The average Bonchev–Trinajstić information content (AvgIpc) is 3.76. The number of nitrogens with zero attached hydrogens (tertiary/aromatic N) is 3. The Hall–Kier alpha value is -3.87. The van der Waals surface area contributed by atoms with Crippen LogP contribution in [0.15, 0.2) is 50.9 Å². The number of amides is 1. The van der Waals surface area contributed by atoms with E-state index in [0.29, 0.717) is 34.5 Å². The fourth-order valence-electron chi connectivity index (χ4n) is 6.91. The minimum atomic E-state index is 0.0267.